The van der Waals surface area contributed by atoms with E-state index in [9.17, 15) is 4.79 Å². The molecule has 0 saturated heterocycles. The average molecular weight is 212 g/mol. The highest BCUT2D eigenvalue weighted by Crippen LogP contribution is 2.22. The van der Waals surface area contributed by atoms with Gasteiger partial charge in [0.2, 0.25) is 0 Å². The maximum absolute atomic E-state index is 11.7. The smallest absolute Gasteiger partial charge is 0.180 e. The molecule has 0 saturated carbocycles. The average Bonchev–Trinajstić information content (AvgIpc) is 2.01. The van der Waals surface area contributed by atoms with Crippen molar-refractivity contribution >= 4 is 17.4 Å². The summed E-state index contributed by atoms with van der Waals surface area (Å²) in [7, 11) is 0. The van der Waals surface area contributed by atoms with E-state index in [4.69, 9.17) is 17.3 Å². The van der Waals surface area contributed by atoms with Crippen molar-refractivity contribution < 1.29 is 4.79 Å². The minimum atomic E-state index is -0.506. The van der Waals surface area contributed by atoms with Crippen LogP contribution in [-0.4, -0.2) is 11.8 Å². The van der Waals surface area contributed by atoms with Gasteiger partial charge in [-0.15, -0.1) is 0 Å². The van der Waals surface area contributed by atoms with Crippen molar-refractivity contribution in [2.75, 3.05) is 0 Å². The van der Waals surface area contributed by atoms with Crippen LogP contribution in [0, 0.1) is 13.8 Å². The largest absolute Gasteiger partial charge is 0.321 e. The maximum Gasteiger partial charge on any atom is 0.180 e. The Morgan fingerprint density at radius 2 is 2.00 bits per heavy atom. The zero-order valence-electron chi connectivity index (χ0n) is 8.60. The summed E-state index contributed by atoms with van der Waals surface area (Å²) in [5.41, 5.74) is 8.02. The second-order valence-electron chi connectivity index (χ2n) is 3.59. The number of Topliss-reactive ketones (excluding diaryl/α,β-unsaturated/α-hetero) is 1. The predicted molar refractivity (Wildman–Crippen MR) is 58.9 cm³/mol. The third-order valence-corrected chi connectivity index (χ3v) is 2.39. The van der Waals surface area contributed by atoms with Gasteiger partial charge in [0.1, 0.15) is 0 Å². The normalized spacial score (nSPS) is 12.6. The lowest BCUT2D eigenvalue weighted by Crippen LogP contribution is -2.27. The summed E-state index contributed by atoms with van der Waals surface area (Å²) in [5, 5.41) is 0.491. The van der Waals surface area contributed by atoms with Gasteiger partial charge >= 0.3 is 0 Å². The first-order chi connectivity index (χ1) is 6.43. The van der Waals surface area contributed by atoms with Crippen LogP contribution in [0.5, 0.6) is 0 Å². The summed E-state index contributed by atoms with van der Waals surface area (Å²) in [6, 6.07) is 3.21. The number of nitrogens with two attached hydrogens (primary N) is 1. The van der Waals surface area contributed by atoms with Gasteiger partial charge in [-0.1, -0.05) is 17.7 Å². The second-order valence-corrected chi connectivity index (χ2v) is 4.00. The highest BCUT2D eigenvalue weighted by Gasteiger charge is 2.17. The monoisotopic (exact) mass is 211 g/mol. The molecule has 1 unspecified atom stereocenters. The molecule has 0 fully saturated rings. The van der Waals surface area contributed by atoms with Gasteiger partial charge in [0.25, 0.3) is 0 Å². The first-order valence-corrected chi connectivity index (χ1v) is 4.88. The Hall–Kier alpha value is -0.860. The third kappa shape index (κ3) is 2.14. The Bertz CT molecular complexity index is 349. The van der Waals surface area contributed by atoms with E-state index in [-0.39, 0.29) is 5.78 Å². The molecule has 0 spiro atoms. The molecule has 0 aliphatic heterocycles. The van der Waals surface area contributed by atoms with Gasteiger partial charge in [-0.25, -0.2) is 0 Å². The maximum atomic E-state index is 11.7. The zero-order valence-corrected chi connectivity index (χ0v) is 9.35. The van der Waals surface area contributed by atoms with Crippen LogP contribution in [0.2, 0.25) is 5.02 Å². The van der Waals surface area contributed by atoms with Crippen LogP contribution in [0.25, 0.3) is 0 Å². The Morgan fingerprint density at radius 3 is 2.43 bits per heavy atom. The summed E-state index contributed by atoms with van der Waals surface area (Å²) in [5.74, 6) is -0.104. The number of halogens is 1. The number of carbonyl (C=O) groups excluding carboxylic acids is 1. The SMILES string of the molecule is Cc1cc(C)c(C(=O)C(C)N)c(Cl)c1. The van der Waals surface area contributed by atoms with E-state index >= 15 is 0 Å². The van der Waals surface area contributed by atoms with Crippen molar-refractivity contribution in [1.29, 1.82) is 0 Å². The van der Waals surface area contributed by atoms with Crippen LogP contribution in [0.15, 0.2) is 12.1 Å². The number of rotatable bonds is 2. The molecule has 0 radical (unpaired) electrons. The molecule has 2 N–H and O–H groups in total. The fourth-order valence-corrected chi connectivity index (χ4v) is 1.87. The van der Waals surface area contributed by atoms with Crippen molar-refractivity contribution in [2.24, 2.45) is 5.73 Å². The summed E-state index contributed by atoms with van der Waals surface area (Å²) >= 11 is 6.00. The van der Waals surface area contributed by atoms with E-state index in [0.717, 1.165) is 11.1 Å². The number of ketones is 1. The summed E-state index contributed by atoms with van der Waals surface area (Å²) in [6.45, 7) is 5.48. The first-order valence-electron chi connectivity index (χ1n) is 4.50. The molecule has 0 heterocycles. The third-order valence-electron chi connectivity index (χ3n) is 2.09. The van der Waals surface area contributed by atoms with Crippen molar-refractivity contribution in [3.05, 3.63) is 33.8 Å². The molecule has 0 aromatic heterocycles. The Balaban J connectivity index is 3.28. The minimum Gasteiger partial charge on any atom is -0.321 e. The van der Waals surface area contributed by atoms with E-state index < -0.39 is 6.04 Å². The van der Waals surface area contributed by atoms with Crippen molar-refractivity contribution in [3.8, 4) is 0 Å². The van der Waals surface area contributed by atoms with Crippen LogP contribution in [0.3, 0.4) is 0 Å². The number of carbonyl (C=O) groups is 1. The fourth-order valence-electron chi connectivity index (χ4n) is 1.46. The molecule has 0 aliphatic rings. The Kier molecular flexibility index (Phi) is 3.29. The lowest BCUT2D eigenvalue weighted by molar-refractivity contribution is 0.0967. The van der Waals surface area contributed by atoms with Gasteiger partial charge in [-0.05, 0) is 38.0 Å². The molecular weight excluding hydrogens is 198 g/mol. The van der Waals surface area contributed by atoms with Gasteiger partial charge in [-0.3, -0.25) is 4.79 Å². The van der Waals surface area contributed by atoms with Crippen LogP contribution in [0.4, 0.5) is 0 Å². The second kappa shape index (κ2) is 4.11. The van der Waals surface area contributed by atoms with Crippen LogP contribution < -0.4 is 5.73 Å². The number of hydrogen-bond acceptors (Lipinski definition) is 2. The van der Waals surface area contributed by atoms with Crippen molar-refractivity contribution in [1.82, 2.24) is 0 Å². The lowest BCUT2D eigenvalue weighted by Gasteiger charge is -2.10. The molecule has 1 atom stereocenters. The molecular formula is C11H14ClNO. The van der Waals surface area contributed by atoms with E-state index in [1.165, 1.54) is 0 Å². The van der Waals surface area contributed by atoms with Gasteiger partial charge in [-0.2, -0.15) is 0 Å². The van der Waals surface area contributed by atoms with Crippen LogP contribution in [0.1, 0.15) is 28.4 Å². The van der Waals surface area contributed by atoms with Crippen LogP contribution >= 0.6 is 11.6 Å². The number of benzene rings is 1. The minimum absolute atomic E-state index is 0.104. The Morgan fingerprint density at radius 1 is 1.43 bits per heavy atom. The van der Waals surface area contributed by atoms with Gasteiger partial charge in [0.15, 0.2) is 5.78 Å². The van der Waals surface area contributed by atoms with Crippen molar-refractivity contribution in [2.45, 2.75) is 26.8 Å². The molecule has 0 bridgehead atoms. The zero-order chi connectivity index (χ0) is 10.9. The molecule has 2 nitrogen and oxygen atoms in total. The van der Waals surface area contributed by atoms with Gasteiger partial charge < -0.3 is 5.73 Å². The van der Waals surface area contributed by atoms with E-state index in [2.05, 4.69) is 0 Å². The van der Waals surface area contributed by atoms with Crippen molar-refractivity contribution in [3.63, 3.8) is 0 Å². The Labute approximate surface area is 89.1 Å². The molecule has 1 rings (SSSR count). The quantitative estimate of drug-likeness (QED) is 0.764. The first kappa shape index (κ1) is 11.2. The van der Waals surface area contributed by atoms with Gasteiger partial charge in [0.05, 0.1) is 11.1 Å². The van der Waals surface area contributed by atoms with Crippen LogP contribution in [-0.2, 0) is 0 Å². The number of aryl methyl sites for hydroxylation is 2. The topological polar surface area (TPSA) is 43.1 Å². The molecule has 0 aliphatic carbocycles. The summed E-state index contributed by atoms with van der Waals surface area (Å²) in [4.78, 5) is 11.7. The highest BCUT2D eigenvalue weighted by atomic mass is 35.5. The predicted octanol–water partition coefficient (Wildman–Crippen LogP) is 2.49. The van der Waals surface area contributed by atoms with E-state index in [1.807, 2.05) is 19.9 Å². The fraction of sp³-hybridized carbons (Fsp3) is 0.364. The summed E-state index contributed by atoms with van der Waals surface area (Å²) in [6.07, 6.45) is 0. The highest BCUT2D eigenvalue weighted by molar-refractivity contribution is 6.34. The lowest BCUT2D eigenvalue weighted by atomic mass is 9.99. The van der Waals surface area contributed by atoms with E-state index in [0.29, 0.717) is 10.6 Å². The molecule has 0 amide bonds. The molecule has 14 heavy (non-hydrogen) atoms. The van der Waals surface area contributed by atoms with Gasteiger partial charge in [0, 0.05) is 5.56 Å². The van der Waals surface area contributed by atoms with E-state index in [1.54, 1.807) is 13.0 Å². The number of hydrogen-bond donors (Lipinski definition) is 1. The standard InChI is InChI=1S/C11H14ClNO/c1-6-4-7(2)10(9(12)5-6)11(14)8(3)13/h4-5,8H,13H2,1-3H3. The molecule has 1 aromatic carbocycles. The molecule has 1 aromatic rings. The summed E-state index contributed by atoms with van der Waals surface area (Å²) < 4.78 is 0. The molecule has 76 valence electrons. The molecule has 3 heteroatoms.